The van der Waals surface area contributed by atoms with E-state index in [1.54, 1.807) is 12.4 Å². The van der Waals surface area contributed by atoms with Crippen molar-refractivity contribution in [1.29, 1.82) is 0 Å². The van der Waals surface area contributed by atoms with Crippen LogP contribution in [0.5, 0.6) is 0 Å². The van der Waals surface area contributed by atoms with Gasteiger partial charge in [0.25, 0.3) is 0 Å². The van der Waals surface area contributed by atoms with E-state index < -0.39 is 0 Å². The van der Waals surface area contributed by atoms with E-state index >= 15 is 0 Å². The molecule has 7 heteroatoms. The van der Waals surface area contributed by atoms with Crippen molar-refractivity contribution in [2.75, 3.05) is 44.2 Å². The van der Waals surface area contributed by atoms with E-state index in [1.807, 2.05) is 11.0 Å². The summed E-state index contributed by atoms with van der Waals surface area (Å²) in [6, 6.07) is 10.4. The summed E-state index contributed by atoms with van der Waals surface area (Å²) in [5.74, 6) is 1.03. The summed E-state index contributed by atoms with van der Waals surface area (Å²) >= 11 is 0. The summed E-state index contributed by atoms with van der Waals surface area (Å²) in [5.41, 5.74) is 2.44. The number of carbonyl (C=O) groups excluding carboxylic acids is 1. The highest BCUT2D eigenvalue weighted by Crippen LogP contribution is 2.33. The SMILES string of the molecule is Cc1ccc([C@H]2OCCC[C@@H]2CNC(=O)N2CCN(c3ncccn3)CC2)cc1. The van der Waals surface area contributed by atoms with Crippen LogP contribution in [-0.4, -0.2) is 60.2 Å². The number of nitrogens with zero attached hydrogens (tertiary/aromatic N) is 4. The van der Waals surface area contributed by atoms with Gasteiger partial charge in [0, 0.05) is 57.6 Å². The molecule has 0 saturated carbocycles. The van der Waals surface area contributed by atoms with Crippen molar-refractivity contribution in [1.82, 2.24) is 20.2 Å². The molecule has 2 aliphatic heterocycles. The Hall–Kier alpha value is -2.67. The Labute approximate surface area is 172 Å². The Balaban J connectivity index is 1.29. The molecule has 1 N–H and O–H groups in total. The fourth-order valence-corrected chi connectivity index (χ4v) is 4.07. The molecule has 2 amide bonds. The lowest BCUT2D eigenvalue weighted by atomic mass is 9.89. The number of ether oxygens (including phenoxy) is 1. The number of carbonyl (C=O) groups is 1. The number of hydrogen-bond acceptors (Lipinski definition) is 5. The van der Waals surface area contributed by atoms with Gasteiger partial charge >= 0.3 is 6.03 Å². The first-order valence-corrected chi connectivity index (χ1v) is 10.4. The molecule has 0 radical (unpaired) electrons. The molecule has 2 fully saturated rings. The van der Waals surface area contributed by atoms with Crippen LogP contribution in [0.4, 0.5) is 10.7 Å². The van der Waals surface area contributed by atoms with E-state index in [1.165, 1.54) is 11.1 Å². The normalized spacial score (nSPS) is 22.4. The van der Waals surface area contributed by atoms with Crippen LogP contribution >= 0.6 is 0 Å². The van der Waals surface area contributed by atoms with Gasteiger partial charge in [0.1, 0.15) is 0 Å². The monoisotopic (exact) mass is 395 g/mol. The molecule has 7 nitrogen and oxygen atoms in total. The number of benzene rings is 1. The molecular weight excluding hydrogens is 366 g/mol. The zero-order valence-electron chi connectivity index (χ0n) is 17.0. The number of rotatable bonds is 4. The minimum absolute atomic E-state index is 0.00635. The highest BCUT2D eigenvalue weighted by Gasteiger charge is 2.29. The summed E-state index contributed by atoms with van der Waals surface area (Å²) in [5, 5.41) is 3.15. The molecule has 1 aromatic carbocycles. The predicted octanol–water partition coefficient (Wildman–Crippen LogP) is 2.78. The van der Waals surface area contributed by atoms with Crippen molar-refractivity contribution >= 4 is 12.0 Å². The van der Waals surface area contributed by atoms with Crippen LogP contribution in [0.3, 0.4) is 0 Å². The standard InChI is InChI=1S/C22H29N5O2/c1-17-5-7-18(8-6-17)20-19(4-2-15-29-20)16-25-22(28)27-13-11-26(12-14-27)21-23-9-3-10-24-21/h3,5-10,19-20H,2,4,11-16H2,1H3,(H,25,28)/t19-,20-/m1/s1. The number of aryl methyl sites for hydroxylation is 1. The van der Waals surface area contributed by atoms with Crippen LogP contribution in [-0.2, 0) is 4.74 Å². The van der Waals surface area contributed by atoms with Gasteiger partial charge in [-0.2, -0.15) is 0 Å². The zero-order valence-corrected chi connectivity index (χ0v) is 17.0. The topological polar surface area (TPSA) is 70.6 Å². The quantitative estimate of drug-likeness (QED) is 0.862. The lowest BCUT2D eigenvalue weighted by Crippen LogP contribution is -2.53. The van der Waals surface area contributed by atoms with Crippen molar-refractivity contribution in [2.45, 2.75) is 25.9 Å². The molecule has 3 heterocycles. The number of aromatic nitrogens is 2. The summed E-state index contributed by atoms with van der Waals surface area (Å²) < 4.78 is 6.07. The highest BCUT2D eigenvalue weighted by atomic mass is 16.5. The van der Waals surface area contributed by atoms with E-state index in [0.29, 0.717) is 25.6 Å². The van der Waals surface area contributed by atoms with Crippen LogP contribution < -0.4 is 10.2 Å². The maximum absolute atomic E-state index is 12.7. The molecule has 2 saturated heterocycles. The molecule has 0 spiro atoms. The second-order valence-corrected chi connectivity index (χ2v) is 7.81. The van der Waals surface area contributed by atoms with Gasteiger partial charge in [0.05, 0.1) is 6.10 Å². The molecule has 0 unspecified atom stereocenters. The molecular formula is C22H29N5O2. The summed E-state index contributed by atoms with van der Waals surface area (Å²) in [7, 11) is 0. The second-order valence-electron chi connectivity index (χ2n) is 7.81. The van der Waals surface area contributed by atoms with Gasteiger partial charge in [0.15, 0.2) is 0 Å². The molecule has 29 heavy (non-hydrogen) atoms. The van der Waals surface area contributed by atoms with Crippen molar-refractivity contribution in [3.63, 3.8) is 0 Å². The highest BCUT2D eigenvalue weighted by molar-refractivity contribution is 5.74. The third-order valence-electron chi connectivity index (χ3n) is 5.77. The maximum Gasteiger partial charge on any atom is 0.317 e. The number of piperazine rings is 1. The average Bonchev–Trinajstić information content (AvgIpc) is 2.79. The van der Waals surface area contributed by atoms with Crippen LogP contribution in [0.2, 0.25) is 0 Å². The van der Waals surface area contributed by atoms with Crippen molar-refractivity contribution in [3.8, 4) is 0 Å². The smallest absolute Gasteiger partial charge is 0.317 e. The van der Waals surface area contributed by atoms with Gasteiger partial charge in [-0.05, 0) is 31.4 Å². The van der Waals surface area contributed by atoms with Crippen molar-refractivity contribution in [2.24, 2.45) is 5.92 Å². The minimum atomic E-state index is 0.00635. The first kappa shape index (κ1) is 19.6. The summed E-state index contributed by atoms with van der Waals surface area (Å²) in [4.78, 5) is 25.3. The van der Waals surface area contributed by atoms with Gasteiger partial charge in [-0.1, -0.05) is 29.8 Å². The lowest BCUT2D eigenvalue weighted by Gasteiger charge is -2.36. The Kier molecular flexibility index (Phi) is 6.24. The first-order chi connectivity index (χ1) is 14.2. The van der Waals surface area contributed by atoms with Crippen molar-refractivity contribution in [3.05, 3.63) is 53.9 Å². The third-order valence-corrected chi connectivity index (χ3v) is 5.77. The first-order valence-electron chi connectivity index (χ1n) is 10.4. The minimum Gasteiger partial charge on any atom is -0.373 e. The van der Waals surface area contributed by atoms with Crippen LogP contribution in [0.15, 0.2) is 42.7 Å². The van der Waals surface area contributed by atoms with Gasteiger partial charge < -0.3 is 19.9 Å². The van der Waals surface area contributed by atoms with Gasteiger partial charge in [-0.15, -0.1) is 0 Å². The Morgan fingerprint density at radius 1 is 1.14 bits per heavy atom. The zero-order chi connectivity index (χ0) is 20.1. The predicted molar refractivity (Wildman–Crippen MR) is 112 cm³/mol. The van der Waals surface area contributed by atoms with E-state index in [-0.39, 0.29) is 12.1 Å². The third kappa shape index (κ3) is 4.85. The van der Waals surface area contributed by atoms with Crippen LogP contribution in [0, 0.1) is 12.8 Å². The molecule has 2 atom stereocenters. The van der Waals surface area contributed by atoms with Crippen LogP contribution in [0.25, 0.3) is 0 Å². The molecule has 154 valence electrons. The summed E-state index contributed by atoms with van der Waals surface area (Å²) in [6.45, 7) is 6.35. The fourth-order valence-electron chi connectivity index (χ4n) is 4.07. The Morgan fingerprint density at radius 2 is 1.86 bits per heavy atom. The number of hydrogen-bond donors (Lipinski definition) is 1. The van der Waals surface area contributed by atoms with Crippen molar-refractivity contribution < 1.29 is 9.53 Å². The molecule has 0 aliphatic carbocycles. The Morgan fingerprint density at radius 3 is 2.59 bits per heavy atom. The van der Waals surface area contributed by atoms with Gasteiger partial charge in [-0.3, -0.25) is 0 Å². The molecule has 2 aliphatic rings. The van der Waals surface area contributed by atoms with Gasteiger partial charge in [0.2, 0.25) is 5.95 Å². The maximum atomic E-state index is 12.7. The summed E-state index contributed by atoms with van der Waals surface area (Å²) in [6.07, 6.45) is 5.66. The lowest BCUT2D eigenvalue weighted by molar-refractivity contribution is -0.0271. The largest absolute Gasteiger partial charge is 0.373 e. The number of nitrogens with one attached hydrogen (secondary N) is 1. The van der Waals surface area contributed by atoms with E-state index in [9.17, 15) is 4.79 Å². The Bertz CT molecular complexity index is 791. The molecule has 0 bridgehead atoms. The van der Waals surface area contributed by atoms with E-state index in [0.717, 1.165) is 38.5 Å². The molecule has 1 aromatic heterocycles. The van der Waals surface area contributed by atoms with Gasteiger partial charge in [-0.25, -0.2) is 14.8 Å². The number of anilines is 1. The number of urea groups is 1. The second kappa shape index (κ2) is 9.22. The average molecular weight is 396 g/mol. The molecule has 2 aromatic rings. The number of amides is 2. The van der Waals surface area contributed by atoms with E-state index in [2.05, 4.69) is 51.4 Å². The molecule has 4 rings (SSSR count). The van der Waals surface area contributed by atoms with E-state index in [4.69, 9.17) is 4.74 Å². The van der Waals surface area contributed by atoms with Crippen LogP contribution in [0.1, 0.15) is 30.1 Å². The fraction of sp³-hybridized carbons (Fsp3) is 0.500.